The van der Waals surface area contributed by atoms with Gasteiger partial charge in [0.15, 0.2) is 0 Å². The van der Waals surface area contributed by atoms with E-state index in [1.807, 2.05) is 6.07 Å². The van der Waals surface area contributed by atoms with E-state index in [1.54, 1.807) is 6.07 Å². The van der Waals surface area contributed by atoms with E-state index < -0.39 is 5.41 Å². The van der Waals surface area contributed by atoms with Gasteiger partial charge in [0, 0.05) is 25.3 Å². The zero-order valence-corrected chi connectivity index (χ0v) is 13.5. The average molecular weight is 345 g/mol. The number of carbonyl (C=O) groups is 1. The van der Waals surface area contributed by atoms with E-state index in [4.69, 9.17) is 38.4 Å². The number of halogens is 2. The van der Waals surface area contributed by atoms with Crippen LogP contribution in [0, 0.1) is 5.41 Å². The van der Waals surface area contributed by atoms with Gasteiger partial charge in [-0.05, 0) is 18.9 Å². The first-order chi connectivity index (χ1) is 10.6. The Kier molecular flexibility index (Phi) is 4.50. The summed E-state index contributed by atoms with van der Waals surface area (Å²) in [5.41, 5.74) is 6.16. The number of amides is 1. The third-order valence-corrected chi connectivity index (χ3v) is 5.26. The molecule has 1 saturated heterocycles. The van der Waals surface area contributed by atoms with Crippen LogP contribution in [0.3, 0.4) is 0 Å². The molecule has 120 valence electrons. The van der Waals surface area contributed by atoms with Crippen molar-refractivity contribution in [2.24, 2.45) is 11.1 Å². The molecule has 2 heterocycles. The molecule has 22 heavy (non-hydrogen) atoms. The van der Waals surface area contributed by atoms with Crippen molar-refractivity contribution in [3.8, 4) is 5.75 Å². The highest BCUT2D eigenvalue weighted by atomic mass is 35.5. The molecular weight excluding hydrogens is 327 g/mol. The summed E-state index contributed by atoms with van der Waals surface area (Å²) in [4.78, 5) is 12.7. The van der Waals surface area contributed by atoms with Crippen molar-refractivity contribution in [1.29, 1.82) is 0 Å². The Morgan fingerprint density at radius 2 is 2.09 bits per heavy atom. The molecule has 0 bridgehead atoms. The molecule has 1 atom stereocenters. The normalized spacial score (nSPS) is 22.8. The van der Waals surface area contributed by atoms with Crippen molar-refractivity contribution >= 4 is 29.1 Å². The van der Waals surface area contributed by atoms with Crippen LogP contribution in [-0.2, 0) is 9.53 Å². The summed E-state index contributed by atoms with van der Waals surface area (Å²) >= 11 is 12.1. The summed E-state index contributed by atoms with van der Waals surface area (Å²) in [6.45, 7) is 1.77. The number of nitrogens with two attached hydrogens (primary N) is 1. The number of benzene rings is 1. The monoisotopic (exact) mass is 344 g/mol. The van der Waals surface area contributed by atoms with Crippen LogP contribution in [0.2, 0.25) is 10.0 Å². The summed E-state index contributed by atoms with van der Waals surface area (Å²) in [6.07, 6.45) is 1.27. The fraction of sp³-hybridized carbons (Fsp3) is 0.533. The predicted octanol–water partition coefficient (Wildman–Crippen LogP) is 2.30. The number of hydrogen-bond donors (Lipinski definition) is 2. The number of nitrogens with one attached hydrogen (secondary N) is 1. The van der Waals surface area contributed by atoms with E-state index in [-0.39, 0.29) is 11.9 Å². The molecule has 3 N–H and O–H groups in total. The van der Waals surface area contributed by atoms with Crippen molar-refractivity contribution in [3.63, 3.8) is 0 Å². The van der Waals surface area contributed by atoms with Gasteiger partial charge in [-0.1, -0.05) is 29.3 Å². The van der Waals surface area contributed by atoms with Crippen LogP contribution in [0.4, 0.5) is 0 Å². The molecule has 3 rings (SSSR count). The van der Waals surface area contributed by atoms with Gasteiger partial charge in [0.25, 0.3) is 0 Å². The van der Waals surface area contributed by atoms with Crippen LogP contribution in [0.15, 0.2) is 12.1 Å². The minimum atomic E-state index is -0.558. The van der Waals surface area contributed by atoms with Crippen molar-refractivity contribution in [2.45, 2.75) is 18.9 Å². The fourth-order valence-corrected chi connectivity index (χ4v) is 3.32. The zero-order valence-electron chi connectivity index (χ0n) is 12.0. The van der Waals surface area contributed by atoms with Gasteiger partial charge < -0.3 is 20.5 Å². The first kappa shape index (κ1) is 15.9. The Balaban J connectivity index is 1.78. The minimum absolute atomic E-state index is 0.0502. The largest absolute Gasteiger partial charge is 0.489 e. The lowest BCUT2D eigenvalue weighted by Crippen LogP contribution is -2.50. The number of rotatable bonds is 3. The van der Waals surface area contributed by atoms with Gasteiger partial charge in [-0.15, -0.1) is 0 Å². The lowest BCUT2D eigenvalue weighted by Gasteiger charge is -2.35. The maximum absolute atomic E-state index is 12.7. The number of ether oxygens (including phenoxy) is 2. The second-order valence-corrected chi connectivity index (χ2v) is 6.50. The molecule has 5 nitrogen and oxygen atoms in total. The fourth-order valence-electron chi connectivity index (χ4n) is 2.94. The summed E-state index contributed by atoms with van der Waals surface area (Å²) < 4.78 is 10.9. The first-order valence-corrected chi connectivity index (χ1v) is 8.02. The Bertz CT molecular complexity index is 588. The Morgan fingerprint density at radius 1 is 1.36 bits per heavy atom. The molecule has 1 aromatic carbocycles. The van der Waals surface area contributed by atoms with Gasteiger partial charge in [-0.2, -0.15) is 0 Å². The van der Waals surface area contributed by atoms with E-state index in [0.717, 1.165) is 5.56 Å². The van der Waals surface area contributed by atoms with E-state index >= 15 is 0 Å². The topological polar surface area (TPSA) is 73.6 Å². The van der Waals surface area contributed by atoms with Crippen molar-refractivity contribution in [1.82, 2.24) is 5.32 Å². The maximum atomic E-state index is 12.7. The predicted molar refractivity (Wildman–Crippen MR) is 84.4 cm³/mol. The highest BCUT2D eigenvalue weighted by Gasteiger charge is 2.41. The van der Waals surface area contributed by atoms with Crippen LogP contribution in [0.1, 0.15) is 24.4 Å². The Morgan fingerprint density at radius 3 is 2.77 bits per heavy atom. The van der Waals surface area contributed by atoms with Crippen molar-refractivity contribution in [3.05, 3.63) is 27.7 Å². The number of hydrogen-bond acceptors (Lipinski definition) is 4. The Labute approximate surface area is 139 Å². The average Bonchev–Trinajstić information content (AvgIpc) is 2.95. The van der Waals surface area contributed by atoms with Crippen LogP contribution in [0.5, 0.6) is 5.75 Å². The molecule has 0 spiro atoms. The van der Waals surface area contributed by atoms with Gasteiger partial charge in [-0.3, -0.25) is 4.79 Å². The molecule has 0 aliphatic carbocycles. The summed E-state index contributed by atoms with van der Waals surface area (Å²) in [6, 6.07) is 3.31. The van der Waals surface area contributed by atoms with Gasteiger partial charge in [0.05, 0.1) is 16.5 Å². The summed E-state index contributed by atoms with van der Waals surface area (Å²) in [7, 11) is 0. The van der Waals surface area contributed by atoms with E-state index in [9.17, 15) is 4.79 Å². The summed E-state index contributed by atoms with van der Waals surface area (Å²) in [5, 5.41) is 3.87. The molecular formula is C15H18Cl2N2O3. The highest BCUT2D eigenvalue weighted by molar-refractivity contribution is 6.43. The standard InChI is InChI=1S/C15H18Cl2N2O3/c16-10-2-1-9-11(7-22-13(9)12(10)17)19-14(20)15(8-18)3-5-21-6-4-15/h1-2,11H,3-8,18H2,(H,19,20). The lowest BCUT2D eigenvalue weighted by molar-refractivity contribution is -0.136. The quantitative estimate of drug-likeness (QED) is 0.882. The van der Waals surface area contributed by atoms with Crippen LogP contribution < -0.4 is 15.8 Å². The molecule has 1 fully saturated rings. The molecule has 1 aromatic rings. The molecule has 2 aliphatic heterocycles. The molecule has 0 radical (unpaired) electrons. The van der Waals surface area contributed by atoms with Gasteiger partial charge >= 0.3 is 0 Å². The second-order valence-electron chi connectivity index (χ2n) is 5.71. The summed E-state index contributed by atoms with van der Waals surface area (Å²) in [5.74, 6) is 0.499. The van der Waals surface area contributed by atoms with Crippen molar-refractivity contribution < 1.29 is 14.3 Å². The maximum Gasteiger partial charge on any atom is 0.228 e. The molecule has 7 heteroatoms. The molecule has 0 aromatic heterocycles. The van der Waals surface area contributed by atoms with Crippen molar-refractivity contribution in [2.75, 3.05) is 26.4 Å². The zero-order chi connectivity index (χ0) is 15.7. The van der Waals surface area contributed by atoms with Crippen LogP contribution in [0.25, 0.3) is 0 Å². The van der Waals surface area contributed by atoms with Gasteiger partial charge in [0.1, 0.15) is 17.4 Å². The third kappa shape index (κ3) is 2.67. The highest BCUT2D eigenvalue weighted by Crippen LogP contribution is 2.42. The smallest absolute Gasteiger partial charge is 0.228 e. The minimum Gasteiger partial charge on any atom is -0.489 e. The van der Waals surface area contributed by atoms with Gasteiger partial charge in [-0.25, -0.2) is 0 Å². The number of carbonyl (C=O) groups excluding carboxylic acids is 1. The molecule has 1 unspecified atom stereocenters. The van der Waals surface area contributed by atoms with E-state index in [0.29, 0.717) is 55.0 Å². The molecule has 0 saturated carbocycles. The van der Waals surface area contributed by atoms with Crippen LogP contribution in [-0.4, -0.2) is 32.3 Å². The Hall–Kier alpha value is -1.01. The van der Waals surface area contributed by atoms with Gasteiger partial charge in [0.2, 0.25) is 5.91 Å². The molecule has 1 amide bonds. The lowest BCUT2D eigenvalue weighted by atomic mass is 9.79. The molecule has 2 aliphatic rings. The second kappa shape index (κ2) is 6.24. The SMILES string of the molecule is NCC1(C(=O)NC2COc3c2ccc(Cl)c3Cl)CCOCC1. The van der Waals surface area contributed by atoms with Crippen LogP contribution >= 0.6 is 23.2 Å². The van der Waals surface area contributed by atoms with E-state index in [1.165, 1.54) is 0 Å². The van der Waals surface area contributed by atoms with E-state index in [2.05, 4.69) is 5.32 Å². The number of fused-ring (bicyclic) bond motifs is 1. The first-order valence-electron chi connectivity index (χ1n) is 7.27. The third-order valence-electron chi connectivity index (χ3n) is 4.48.